The molecule has 0 spiro atoms. The molecule has 1 atom stereocenters. The third kappa shape index (κ3) is 2.67. The third-order valence-corrected chi connectivity index (χ3v) is 6.06. The number of halogens is 3. The first-order valence-corrected chi connectivity index (χ1v) is 8.34. The van der Waals surface area contributed by atoms with Crippen LogP contribution in [0.25, 0.3) is 0 Å². The monoisotopic (exact) mass is 316 g/mol. The molecule has 0 aliphatic carbocycles. The summed E-state index contributed by atoms with van der Waals surface area (Å²) >= 11 is 9.99. The number of fused-ring (bicyclic) bond motifs is 1. The van der Waals surface area contributed by atoms with Crippen molar-refractivity contribution in [2.75, 3.05) is 5.75 Å². The average molecular weight is 317 g/mol. The molecule has 0 fully saturated rings. The van der Waals surface area contributed by atoms with Gasteiger partial charge in [-0.1, -0.05) is 6.07 Å². The number of benzene rings is 1. The van der Waals surface area contributed by atoms with Crippen LogP contribution < -0.4 is 0 Å². The highest BCUT2D eigenvalue weighted by Crippen LogP contribution is 2.39. The summed E-state index contributed by atoms with van der Waals surface area (Å²) in [6.45, 7) is 0. The van der Waals surface area contributed by atoms with E-state index in [1.165, 1.54) is 16.5 Å². The van der Waals surface area contributed by atoms with Crippen molar-refractivity contribution in [2.24, 2.45) is 0 Å². The number of aryl methyl sites for hydroxylation is 1. The molecule has 0 N–H and O–H groups in total. The van der Waals surface area contributed by atoms with Crippen LogP contribution in [0.3, 0.4) is 0 Å². The summed E-state index contributed by atoms with van der Waals surface area (Å²) in [6, 6.07) is 5.96. The minimum atomic E-state index is -0.847. The molecule has 1 unspecified atom stereocenters. The topological polar surface area (TPSA) is 0 Å². The molecule has 1 aromatic carbocycles. The Labute approximate surface area is 123 Å². The normalized spacial score (nSPS) is 16.2. The summed E-state index contributed by atoms with van der Waals surface area (Å²) in [5.41, 5.74) is 1.94. The van der Waals surface area contributed by atoms with Gasteiger partial charge in [-0.2, -0.15) is 11.8 Å². The van der Waals surface area contributed by atoms with E-state index < -0.39 is 17.0 Å². The average Bonchev–Trinajstić information content (AvgIpc) is 2.85. The zero-order valence-electron chi connectivity index (χ0n) is 9.96. The Morgan fingerprint density at radius 3 is 2.74 bits per heavy atom. The minimum absolute atomic E-state index is 0.407. The maximum absolute atomic E-state index is 13.2. The Kier molecular flexibility index (Phi) is 3.83. The number of hydrogen-bond donors (Lipinski definition) is 0. The molecule has 19 heavy (non-hydrogen) atoms. The first kappa shape index (κ1) is 13.4. The fourth-order valence-corrected chi connectivity index (χ4v) is 4.84. The van der Waals surface area contributed by atoms with Crippen LogP contribution in [-0.4, -0.2) is 5.75 Å². The highest BCUT2D eigenvalue weighted by molar-refractivity contribution is 7.98. The van der Waals surface area contributed by atoms with E-state index in [0.29, 0.717) is 5.56 Å². The number of thioether (sulfide) groups is 1. The fourth-order valence-electron chi connectivity index (χ4n) is 2.13. The van der Waals surface area contributed by atoms with E-state index in [9.17, 15) is 8.78 Å². The van der Waals surface area contributed by atoms with E-state index in [1.54, 1.807) is 17.4 Å². The lowest BCUT2D eigenvalue weighted by Gasteiger charge is -2.08. The second kappa shape index (κ2) is 5.43. The Bertz CT molecular complexity index is 586. The number of alkyl halides is 1. The van der Waals surface area contributed by atoms with Crippen LogP contribution in [0.1, 0.15) is 26.3 Å². The Morgan fingerprint density at radius 2 is 2.00 bits per heavy atom. The van der Waals surface area contributed by atoms with Gasteiger partial charge in [0.05, 0.1) is 5.38 Å². The first-order chi connectivity index (χ1) is 9.15. The van der Waals surface area contributed by atoms with Crippen LogP contribution in [0.2, 0.25) is 0 Å². The number of hydrogen-bond acceptors (Lipinski definition) is 2. The van der Waals surface area contributed by atoms with Gasteiger partial charge in [-0.05, 0) is 41.5 Å². The van der Waals surface area contributed by atoms with E-state index >= 15 is 0 Å². The van der Waals surface area contributed by atoms with Crippen molar-refractivity contribution < 1.29 is 8.78 Å². The molecule has 0 saturated heterocycles. The summed E-state index contributed by atoms with van der Waals surface area (Å²) in [5, 5.41) is -0.407. The zero-order chi connectivity index (χ0) is 13.4. The molecule has 1 aliphatic heterocycles. The van der Waals surface area contributed by atoms with Crippen molar-refractivity contribution in [1.82, 2.24) is 0 Å². The largest absolute Gasteiger partial charge is 0.204 e. The quantitative estimate of drug-likeness (QED) is 0.691. The molecule has 1 aliphatic rings. The molecule has 2 heterocycles. The van der Waals surface area contributed by atoms with Gasteiger partial charge in [0, 0.05) is 15.5 Å². The van der Waals surface area contributed by atoms with E-state index in [0.717, 1.165) is 28.9 Å². The van der Waals surface area contributed by atoms with Gasteiger partial charge < -0.3 is 0 Å². The van der Waals surface area contributed by atoms with Crippen molar-refractivity contribution in [1.29, 1.82) is 0 Å². The SMILES string of the molecule is Fc1ccc(C(Cl)c2cc3c(s2)CCSC3)cc1F. The molecular weight excluding hydrogens is 306 g/mol. The van der Waals surface area contributed by atoms with Gasteiger partial charge in [-0.25, -0.2) is 8.78 Å². The maximum Gasteiger partial charge on any atom is 0.159 e. The molecule has 3 rings (SSSR count). The number of rotatable bonds is 2. The van der Waals surface area contributed by atoms with Gasteiger partial charge in [0.2, 0.25) is 0 Å². The predicted octanol–water partition coefficient (Wildman–Crippen LogP) is 5.14. The molecule has 2 aromatic rings. The van der Waals surface area contributed by atoms with E-state index in [-0.39, 0.29) is 0 Å². The predicted molar refractivity (Wildman–Crippen MR) is 78.2 cm³/mol. The van der Waals surface area contributed by atoms with Gasteiger partial charge in [-0.15, -0.1) is 22.9 Å². The summed E-state index contributed by atoms with van der Waals surface area (Å²) in [6.07, 6.45) is 1.08. The van der Waals surface area contributed by atoms with E-state index in [4.69, 9.17) is 11.6 Å². The zero-order valence-corrected chi connectivity index (χ0v) is 12.3. The molecule has 5 heteroatoms. The second-order valence-electron chi connectivity index (χ2n) is 4.44. The van der Waals surface area contributed by atoms with Gasteiger partial charge in [0.15, 0.2) is 11.6 Å². The molecule has 0 amide bonds. The van der Waals surface area contributed by atoms with E-state index in [2.05, 4.69) is 6.07 Å². The highest BCUT2D eigenvalue weighted by Gasteiger charge is 2.20. The molecule has 0 bridgehead atoms. The lowest BCUT2D eigenvalue weighted by molar-refractivity contribution is 0.507. The molecule has 0 radical (unpaired) electrons. The van der Waals surface area contributed by atoms with Gasteiger partial charge in [-0.3, -0.25) is 0 Å². The molecule has 1 aromatic heterocycles. The van der Waals surface area contributed by atoms with Crippen molar-refractivity contribution >= 4 is 34.7 Å². The lowest BCUT2D eigenvalue weighted by Crippen LogP contribution is -1.96. The van der Waals surface area contributed by atoms with Crippen LogP contribution in [0, 0.1) is 11.6 Å². The minimum Gasteiger partial charge on any atom is -0.204 e. The summed E-state index contributed by atoms with van der Waals surface area (Å²) in [4.78, 5) is 2.39. The van der Waals surface area contributed by atoms with Crippen molar-refractivity contribution in [3.63, 3.8) is 0 Å². The van der Waals surface area contributed by atoms with Crippen LogP contribution in [0.4, 0.5) is 8.78 Å². The maximum atomic E-state index is 13.2. The molecule has 0 saturated carbocycles. The fraction of sp³-hybridized carbons (Fsp3) is 0.286. The highest BCUT2D eigenvalue weighted by atomic mass is 35.5. The summed E-state index contributed by atoms with van der Waals surface area (Å²) < 4.78 is 26.2. The van der Waals surface area contributed by atoms with Crippen LogP contribution in [0.5, 0.6) is 0 Å². The Morgan fingerprint density at radius 1 is 1.16 bits per heavy atom. The molecular formula is C14H11ClF2S2. The van der Waals surface area contributed by atoms with E-state index in [1.807, 2.05) is 11.8 Å². The number of thiophene rings is 1. The van der Waals surface area contributed by atoms with Crippen LogP contribution >= 0.6 is 34.7 Å². The third-order valence-electron chi connectivity index (χ3n) is 3.13. The Hall–Kier alpha value is -0.580. The van der Waals surface area contributed by atoms with Crippen molar-refractivity contribution in [3.05, 3.63) is 56.8 Å². The van der Waals surface area contributed by atoms with Crippen molar-refractivity contribution in [2.45, 2.75) is 17.6 Å². The first-order valence-electron chi connectivity index (χ1n) is 5.93. The smallest absolute Gasteiger partial charge is 0.159 e. The summed E-state index contributed by atoms with van der Waals surface area (Å²) in [7, 11) is 0. The van der Waals surface area contributed by atoms with Gasteiger partial charge in [0.1, 0.15) is 0 Å². The standard InChI is InChI=1S/C14H11ClF2S2/c15-14(8-1-2-10(16)11(17)5-8)13-6-9-7-18-4-3-12(9)19-13/h1-2,5-6,14H,3-4,7H2. The van der Waals surface area contributed by atoms with Gasteiger partial charge in [0.25, 0.3) is 0 Å². The van der Waals surface area contributed by atoms with Crippen LogP contribution in [-0.2, 0) is 12.2 Å². The van der Waals surface area contributed by atoms with Gasteiger partial charge >= 0.3 is 0 Å². The van der Waals surface area contributed by atoms with Crippen LogP contribution in [0.15, 0.2) is 24.3 Å². The molecule has 0 nitrogen and oxygen atoms in total. The van der Waals surface area contributed by atoms with Crippen molar-refractivity contribution in [3.8, 4) is 0 Å². The molecule has 100 valence electrons. The Balaban J connectivity index is 1.92. The second-order valence-corrected chi connectivity index (χ2v) is 7.15. The summed E-state index contributed by atoms with van der Waals surface area (Å²) in [5.74, 6) is 0.479. The lowest BCUT2D eigenvalue weighted by atomic mass is 10.1.